The smallest absolute Gasteiger partial charge is 0.108 e. The van der Waals surface area contributed by atoms with Gasteiger partial charge >= 0.3 is 0 Å². The molecule has 0 bridgehead atoms. The fourth-order valence-electron chi connectivity index (χ4n) is 2.35. The van der Waals surface area contributed by atoms with Crippen LogP contribution in [-0.4, -0.2) is 26.4 Å². The van der Waals surface area contributed by atoms with Crippen LogP contribution in [0.3, 0.4) is 0 Å². The van der Waals surface area contributed by atoms with Gasteiger partial charge in [-0.1, -0.05) is 42.2 Å². The highest BCUT2D eigenvalue weighted by Crippen LogP contribution is 2.10. The number of hydrogen-bond donors (Lipinski definition) is 3. The average Bonchev–Trinajstić information content (AvgIpc) is 2.61. The van der Waals surface area contributed by atoms with Crippen molar-refractivity contribution in [2.75, 3.05) is 20.7 Å². The van der Waals surface area contributed by atoms with Gasteiger partial charge in [-0.25, -0.2) is 0 Å². The van der Waals surface area contributed by atoms with Gasteiger partial charge in [0.25, 0.3) is 0 Å². The Morgan fingerprint density at radius 1 is 1.21 bits per heavy atom. The molecule has 124 valence electrons. The van der Waals surface area contributed by atoms with E-state index in [4.69, 9.17) is 10.1 Å². The first kappa shape index (κ1) is 17.6. The van der Waals surface area contributed by atoms with Gasteiger partial charge in [0.15, 0.2) is 0 Å². The summed E-state index contributed by atoms with van der Waals surface area (Å²) >= 11 is 0. The normalized spacial score (nSPS) is 14.8. The molecule has 0 amide bonds. The Morgan fingerprint density at radius 2 is 2.00 bits per heavy atom. The maximum atomic E-state index is 7.96. The topological polar surface area (TPSA) is 57.1 Å². The molecule has 0 spiro atoms. The van der Waals surface area contributed by atoms with Gasteiger partial charge in [0.2, 0.25) is 0 Å². The van der Waals surface area contributed by atoms with Crippen molar-refractivity contribution in [3.63, 3.8) is 0 Å². The molecule has 3 N–H and O–H groups in total. The van der Waals surface area contributed by atoms with Crippen molar-refractivity contribution in [2.45, 2.75) is 13.0 Å². The number of methoxy groups -OCH3 is 1. The van der Waals surface area contributed by atoms with Crippen LogP contribution in [0, 0.1) is 17.3 Å². The molecule has 1 aliphatic rings. The highest BCUT2D eigenvalue weighted by molar-refractivity contribution is 6.09. The monoisotopic (exact) mass is 321 g/mol. The molecule has 0 saturated heterocycles. The van der Waals surface area contributed by atoms with Crippen molar-refractivity contribution in [3.05, 3.63) is 71.1 Å². The molecule has 0 unspecified atom stereocenters. The Hall–Kier alpha value is -2.77. The molecule has 1 aromatic rings. The second-order valence-electron chi connectivity index (χ2n) is 5.24. The summed E-state index contributed by atoms with van der Waals surface area (Å²) in [6, 6.07) is 8.02. The minimum absolute atomic E-state index is 0.494. The van der Waals surface area contributed by atoms with E-state index in [0.717, 1.165) is 22.5 Å². The Kier molecular flexibility index (Phi) is 6.88. The maximum absolute atomic E-state index is 7.96. The van der Waals surface area contributed by atoms with Crippen molar-refractivity contribution in [1.82, 2.24) is 10.6 Å². The molecule has 1 aliphatic carbocycles. The minimum Gasteiger partial charge on any atom is -0.380 e. The Bertz CT molecular complexity index is 733. The standard InChI is InChI=1S/C20H23N3O/c1-22-20(18-12-5-6-13-19(18)21)23-14-8-7-10-16-9-3-4-11-17(16)15-24-2/h3-6,9,11-13,21-23H,8,14-15H2,1-2H3/b20-18+,21-19?. The second-order valence-corrected chi connectivity index (χ2v) is 5.24. The minimum atomic E-state index is 0.494. The third kappa shape index (κ3) is 4.87. The quantitative estimate of drug-likeness (QED) is 0.558. The van der Waals surface area contributed by atoms with Crippen molar-refractivity contribution in [2.24, 2.45) is 0 Å². The van der Waals surface area contributed by atoms with Gasteiger partial charge in [0.05, 0.1) is 12.3 Å². The third-order valence-electron chi connectivity index (χ3n) is 3.54. The van der Waals surface area contributed by atoms with Gasteiger partial charge in [-0.15, -0.1) is 0 Å². The van der Waals surface area contributed by atoms with Crippen LogP contribution in [0.5, 0.6) is 0 Å². The van der Waals surface area contributed by atoms with Crippen LogP contribution in [0.15, 0.2) is 60.0 Å². The van der Waals surface area contributed by atoms with E-state index in [1.807, 2.05) is 49.5 Å². The number of benzene rings is 1. The molecular formula is C20H23N3O. The SMILES string of the molecule is CN/C(NCCC#Cc1ccccc1COC)=C1/C=CC=CC1=N. The molecule has 0 aromatic heterocycles. The van der Waals surface area contributed by atoms with E-state index in [1.54, 1.807) is 13.2 Å². The number of hydrogen-bond acceptors (Lipinski definition) is 4. The summed E-state index contributed by atoms with van der Waals surface area (Å²) < 4.78 is 5.19. The highest BCUT2D eigenvalue weighted by Gasteiger charge is 2.07. The van der Waals surface area contributed by atoms with E-state index in [-0.39, 0.29) is 0 Å². The fraction of sp³-hybridized carbons (Fsp3) is 0.250. The van der Waals surface area contributed by atoms with Gasteiger partial charge in [0.1, 0.15) is 5.82 Å². The lowest BCUT2D eigenvalue weighted by Crippen LogP contribution is -2.27. The van der Waals surface area contributed by atoms with Crippen LogP contribution >= 0.6 is 0 Å². The van der Waals surface area contributed by atoms with Gasteiger partial charge < -0.3 is 20.8 Å². The van der Waals surface area contributed by atoms with Crippen molar-refractivity contribution >= 4 is 5.71 Å². The molecule has 0 heterocycles. The summed E-state index contributed by atoms with van der Waals surface area (Å²) in [6.45, 7) is 1.28. The summed E-state index contributed by atoms with van der Waals surface area (Å²) in [5, 5.41) is 14.4. The van der Waals surface area contributed by atoms with Crippen LogP contribution in [0.1, 0.15) is 17.5 Å². The molecule has 0 atom stereocenters. The van der Waals surface area contributed by atoms with Crippen LogP contribution in [0.2, 0.25) is 0 Å². The summed E-state index contributed by atoms with van der Waals surface area (Å²) in [7, 11) is 3.54. The predicted molar refractivity (Wildman–Crippen MR) is 98.7 cm³/mol. The second kappa shape index (κ2) is 9.39. The first-order valence-electron chi connectivity index (χ1n) is 7.91. The number of ether oxygens (including phenoxy) is 1. The number of allylic oxidation sites excluding steroid dienone is 5. The predicted octanol–water partition coefficient (Wildman–Crippen LogP) is 2.74. The van der Waals surface area contributed by atoms with E-state index >= 15 is 0 Å². The fourth-order valence-corrected chi connectivity index (χ4v) is 2.35. The Morgan fingerprint density at radius 3 is 2.75 bits per heavy atom. The largest absolute Gasteiger partial charge is 0.380 e. The van der Waals surface area contributed by atoms with Gasteiger partial charge in [0, 0.05) is 38.3 Å². The summed E-state index contributed by atoms with van der Waals surface area (Å²) in [5.74, 6) is 7.24. The van der Waals surface area contributed by atoms with E-state index in [0.29, 0.717) is 25.3 Å². The maximum Gasteiger partial charge on any atom is 0.108 e. The summed E-state index contributed by atoms with van der Waals surface area (Å²) in [5.41, 5.74) is 3.46. The van der Waals surface area contributed by atoms with Gasteiger partial charge in [-0.3, -0.25) is 0 Å². The van der Waals surface area contributed by atoms with Crippen molar-refractivity contribution in [3.8, 4) is 11.8 Å². The summed E-state index contributed by atoms with van der Waals surface area (Å²) in [4.78, 5) is 0. The van der Waals surface area contributed by atoms with Crippen LogP contribution in [-0.2, 0) is 11.3 Å². The number of rotatable bonds is 6. The van der Waals surface area contributed by atoms with Crippen molar-refractivity contribution in [1.29, 1.82) is 5.41 Å². The Balaban J connectivity index is 1.94. The molecule has 0 radical (unpaired) electrons. The molecule has 4 nitrogen and oxygen atoms in total. The zero-order valence-corrected chi connectivity index (χ0v) is 14.1. The van der Waals surface area contributed by atoms with Crippen molar-refractivity contribution < 1.29 is 4.74 Å². The average molecular weight is 321 g/mol. The third-order valence-corrected chi connectivity index (χ3v) is 3.54. The van der Waals surface area contributed by atoms with Gasteiger partial charge in [-0.05, 0) is 23.8 Å². The molecule has 0 saturated carbocycles. The highest BCUT2D eigenvalue weighted by atomic mass is 16.5. The van der Waals surface area contributed by atoms with Crippen LogP contribution in [0.4, 0.5) is 0 Å². The lowest BCUT2D eigenvalue weighted by molar-refractivity contribution is 0.184. The molecule has 24 heavy (non-hydrogen) atoms. The first-order chi connectivity index (χ1) is 11.8. The molecule has 4 heteroatoms. The van der Waals surface area contributed by atoms with Crippen LogP contribution < -0.4 is 10.6 Å². The van der Waals surface area contributed by atoms with E-state index in [1.165, 1.54) is 0 Å². The number of nitrogens with one attached hydrogen (secondary N) is 3. The lowest BCUT2D eigenvalue weighted by atomic mass is 10.1. The molecule has 0 aliphatic heterocycles. The Labute approximate surface area is 143 Å². The zero-order valence-electron chi connectivity index (χ0n) is 14.1. The molecule has 2 rings (SSSR count). The van der Waals surface area contributed by atoms with E-state index in [9.17, 15) is 0 Å². The first-order valence-corrected chi connectivity index (χ1v) is 7.91. The van der Waals surface area contributed by atoms with E-state index in [2.05, 4.69) is 22.5 Å². The van der Waals surface area contributed by atoms with Crippen LogP contribution in [0.25, 0.3) is 0 Å². The molecule has 1 aromatic carbocycles. The van der Waals surface area contributed by atoms with Gasteiger partial charge in [-0.2, -0.15) is 0 Å². The van der Waals surface area contributed by atoms with E-state index < -0.39 is 0 Å². The molecule has 0 fully saturated rings. The lowest BCUT2D eigenvalue weighted by Gasteiger charge is -2.14. The zero-order chi connectivity index (χ0) is 17.2. The molecular weight excluding hydrogens is 298 g/mol. The summed E-state index contributed by atoms with van der Waals surface area (Å²) in [6.07, 6.45) is 8.21.